The molecule has 130 valence electrons. The van der Waals surface area contributed by atoms with Crippen molar-refractivity contribution < 1.29 is 4.74 Å². The minimum Gasteiger partial charge on any atom is -0.494 e. The number of nitrogens with zero attached hydrogens (tertiary/aromatic N) is 1. The van der Waals surface area contributed by atoms with Crippen LogP contribution < -0.4 is 10.3 Å². The number of hydrogen-bond acceptors (Lipinski definition) is 4. The molecule has 0 saturated heterocycles. The van der Waals surface area contributed by atoms with Crippen LogP contribution in [0.3, 0.4) is 0 Å². The molecule has 0 radical (unpaired) electrons. The Morgan fingerprint density at radius 1 is 1.32 bits per heavy atom. The molecule has 0 fully saturated rings. The van der Waals surface area contributed by atoms with Gasteiger partial charge in [0, 0.05) is 10.4 Å². The number of benzene rings is 1. The van der Waals surface area contributed by atoms with Gasteiger partial charge in [-0.3, -0.25) is 4.79 Å². The highest BCUT2D eigenvalue weighted by Gasteiger charge is 2.23. The van der Waals surface area contributed by atoms with Crippen LogP contribution in [0.25, 0.3) is 21.6 Å². The Labute approximate surface area is 158 Å². The van der Waals surface area contributed by atoms with Gasteiger partial charge < -0.3 is 9.72 Å². The summed E-state index contributed by atoms with van der Waals surface area (Å²) in [6.07, 6.45) is 3.08. The van der Waals surface area contributed by atoms with Crippen LogP contribution in [0.2, 0.25) is 10.0 Å². The van der Waals surface area contributed by atoms with Crippen molar-refractivity contribution in [2.24, 2.45) is 5.92 Å². The van der Waals surface area contributed by atoms with Crippen molar-refractivity contribution in [1.29, 1.82) is 0 Å². The smallest absolute Gasteiger partial charge is 0.260 e. The second-order valence-electron chi connectivity index (χ2n) is 6.42. The summed E-state index contributed by atoms with van der Waals surface area (Å²) in [5.74, 6) is 1.53. The fraction of sp³-hybridized carbons (Fsp3) is 0.333. The molecule has 7 heteroatoms. The molecule has 0 aliphatic heterocycles. The highest BCUT2D eigenvalue weighted by Crippen LogP contribution is 2.38. The maximum atomic E-state index is 12.7. The number of aromatic amines is 1. The Hall–Kier alpha value is -1.56. The number of thiophene rings is 1. The van der Waals surface area contributed by atoms with Crippen LogP contribution in [0.4, 0.5) is 0 Å². The summed E-state index contributed by atoms with van der Waals surface area (Å²) in [5.41, 5.74) is 1.73. The van der Waals surface area contributed by atoms with Gasteiger partial charge in [-0.25, -0.2) is 4.98 Å². The molecular formula is C18H16Cl2N2O2S. The van der Waals surface area contributed by atoms with E-state index in [-0.39, 0.29) is 5.56 Å². The molecule has 1 aliphatic rings. The van der Waals surface area contributed by atoms with Gasteiger partial charge in [-0.15, -0.1) is 11.3 Å². The SMILES string of the molecule is COc1c(Cl)cc(-c2nc3sc4c(c3c(=O)[nH]2)CCC(C)C4)cc1Cl. The van der Waals surface area contributed by atoms with Gasteiger partial charge in [0.2, 0.25) is 0 Å². The van der Waals surface area contributed by atoms with E-state index in [4.69, 9.17) is 27.9 Å². The molecule has 2 heterocycles. The Morgan fingerprint density at radius 2 is 2.04 bits per heavy atom. The van der Waals surface area contributed by atoms with Crippen LogP contribution in [0.5, 0.6) is 5.75 Å². The molecule has 1 atom stereocenters. The fourth-order valence-electron chi connectivity index (χ4n) is 3.38. The quantitative estimate of drug-likeness (QED) is 0.658. The van der Waals surface area contributed by atoms with Gasteiger partial charge in [0.05, 0.1) is 22.5 Å². The van der Waals surface area contributed by atoms with Crippen LogP contribution in [-0.4, -0.2) is 17.1 Å². The summed E-state index contributed by atoms with van der Waals surface area (Å²) >= 11 is 14.0. The van der Waals surface area contributed by atoms with Gasteiger partial charge in [-0.1, -0.05) is 30.1 Å². The minimum absolute atomic E-state index is 0.102. The maximum Gasteiger partial charge on any atom is 0.260 e. The average molecular weight is 395 g/mol. The first-order chi connectivity index (χ1) is 12.0. The molecular weight excluding hydrogens is 379 g/mol. The number of aryl methyl sites for hydroxylation is 1. The predicted molar refractivity (Wildman–Crippen MR) is 103 cm³/mol. The number of nitrogens with one attached hydrogen (secondary N) is 1. The zero-order valence-electron chi connectivity index (χ0n) is 13.8. The zero-order valence-corrected chi connectivity index (χ0v) is 16.1. The molecule has 4 nitrogen and oxygen atoms in total. The molecule has 0 bridgehead atoms. The summed E-state index contributed by atoms with van der Waals surface area (Å²) < 4.78 is 5.17. The third kappa shape index (κ3) is 2.84. The second kappa shape index (κ2) is 6.31. The highest BCUT2D eigenvalue weighted by molar-refractivity contribution is 7.18. The molecule has 2 aromatic heterocycles. The molecule has 25 heavy (non-hydrogen) atoms. The van der Waals surface area contributed by atoms with Gasteiger partial charge >= 0.3 is 0 Å². The lowest BCUT2D eigenvalue weighted by atomic mass is 9.89. The van der Waals surface area contributed by atoms with E-state index in [1.807, 2.05) is 0 Å². The lowest BCUT2D eigenvalue weighted by molar-refractivity contribution is 0.415. The van der Waals surface area contributed by atoms with Crippen molar-refractivity contribution in [1.82, 2.24) is 9.97 Å². The van der Waals surface area contributed by atoms with E-state index >= 15 is 0 Å². The lowest BCUT2D eigenvalue weighted by Crippen LogP contribution is -2.13. The second-order valence-corrected chi connectivity index (χ2v) is 8.32. The Bertz CT molecular complexity index is 1020. The van der Waals surface area contributed by atoms with Crippen LogP contribution in [0.15, 0.2) is 16.9 Å². The normalized spacial score (nSPS) is 16.9. The van der Waals surface area contributed by atoms with E-state index in [2.05, 4.69) is 16.9 Å². The van der Waals surface area contributed by atoms with E-state index in [1.54, 1.807) is 23.5 Å². The number of fused-ring (bicyclic) bond motifs is 3. The first-order valence-electron chi connectivity index (χ1n) is 8.06. The van der Waals surface area contributed by atoms with Crippen molar-refractivity contribution in [3.63, 3.8) is 0 Å². The number of H-pyrrole nitrogens is 1. The number of halogens is 2. The molecule has 1 N–H and O–H groups in total. The Balaban J connectivity index is 1.89. The van der Waals surface area contributed by atoms with Gasteiger partial charge in [0.1, 0.15) is 10.7 Å². The van der Waals surface area contributed by atoms with E-state index in [0.717, 1.165) is 29.5 Å². The molecule has 0 saturated carbocycles. The third-order valence-corrected chi connectivity index (χ3v) is 6.35. The number of rotatable bonds is 2. The summed E-state index contributed by atoms with van der Waals surface area (Å²) in [4.78, 5) is 22.3. The Kier molecular flexibility index (Phi) is 4.26. The van der Waals surface area contributed by atoms with Crippen molar-refractivity contribution >= 4 is 44.8 Å². The van der Waals surface area contributed by atoms with E-state index in [0.29, 0.717) is 33.1 Å². The summed E-state index contributed by atoms with van der Waals surface area (Å²) in [6.45, 7) is 2.25. The van der Waals surface area contributed by atoms with Crippen LogP contribution >= 0.6 is 34.5 Å². The Morgan fingerprint density at radius 3 is 2.72 bits per heavy atom. The molecule has 3 aromatic rings. The molecule has 1 unspecified atom stereocenters. The van der Waals surface area contributed by atoms with Crippen LogP contribution in [-0.2, 0) is 12.8 Å². The molecule has 1 aliphatic carbocycles. The van der Waals surface area contributed by atoms with Crippen molar-refractivity contribution in [2.45, 2.75) is 26.2 Å². The largest absolute Gasteiger partial charge is 0.494 e. The van der Waals surface area contributed by atoms with Crippen molar-refractivity contribution in [3.05, 3.63) is 43.0 Å². The molecule has 4 rings (SSSR count). The predicted octanol–water partition coefficient (Wildman–Crippen LogP) is 5.09. The van der Waals surface area contributed by atoms with Gasteiger partial charge in [0.15, 0.2) is 5.75 Å². The maximum absolute atomic E-state index is 12.7. The first kappa shape index (κ1) is 16.9. The fourth-order valence-corrected chi connectivity index (χ4v) is 5.40. The molecule has 1 aromatic carbocycles. The topological polar surface area (TPSA) is 55.0 Å². The van der Waals surface area contributed by atoms with Crippen molar-refractivity contribution in [2.75, 3.05) is 7.11 Å². The van der Waals surface area contributed by atoms with Crippen LogP contribution in [0, 0.1) is 5.92 Å². The number of aromatic nitrogens is 2. The van der Waals surface area contributed by atoms with E-state index < -0.39 is 0 Å². The summed E-state index contributed by atoms with van der Waals surface area (Å²) in [7, 11) is 1.51. The van der Waals surface area contributed by atoms with Gasteiger partial charge in [0.25, 0.3) is 5.56 Å². The number of hydrogen-bond donors (Lipinski definition) is 1. The first-order valence-corrected chi connectivity index (χ1v) is 9.63. The van der Waals surface area contributed by atoms with Gasteiger partial charge in [-0.05, 0) is 42.9 Å². The number of ether oxygens (including phenoxy) is 1. The average Bonchev–Trinajstić information content (AvgIpc) is 2.92. The summed E-state index contributed by atoms with van der Waals surface area (Å²) in [5, 5.41) is 1.50. The third-order valence-electron chi connectivity index (χ3n) is 4.64. The minimum atomic E-state index is -0.102. The van der Waals surface area contributed by atoms with Crippen molar-refractivity contribution in [3.8, 4) is 17.1 Å². The monoisotopic (exact) mass is 394 g/mol. The molecule has 0 spiro atoms. The zero-order chi connectivity index (χ0) is 17.7. The van der Waals surface area contributed by atoms with Gasteiger partial charge in [-0.2, -0.15) is 0 Å². The van der Waals surface area contributed by atoms with E-state index in [1.165, 1.54) is 17.6 Å². The molecule has 0 amide bonds. The standard InChI is InChI=1S/C18H16Cl2N2O2S/c1-8-3-4-10-13(5-8)25-18-14(10)17(23)21-16(22-18)9-6-11(19)15(24-2)12(20)7-9/h6-8H,3-5H2,1-2H3,(H,21,22,23). The lowest BCUT2D eigenvalue weighted by Gasteiger charge is -2.17. The summed E-state index contributed by atoms with van der Waals surface area (Å²) in [6, 6.07) is 3.40. The number of methoxy groups -OCH3 is 1. The van der Waals surface area contributed by atoms with E-state index in [9.17, 15) is 4.79 Å². The van der Waals surface area contributed by atoms with Crippen LogP contribution in [0.1, 0.15) is 23.8 Å². The highest BCUT2D eigenvalue weighted by atomic mass is 35.5.